The number of rotatable bonds is 5. The smallest absolute Gasteiger partial charge is 0.225 e. The van der Waals surface area contributed by atoms with E-state index in [1.807, 2.05) is 7.05 Å². The SMILES string of the molecule is CCC(CC)N(C)c1cc(OC)nc(N)n1. The number of methoxy groups -OCH3 is 1. The Morgan fingerprint density at radius 2 is 2.00 bits per heavy atom. The maximum absolute atomic E-state index is 5.63. The van der Waals surface area contributed by atoms with Crippen LogP contribution in [0, 0.1) is 0 Å². The molecular formula is C11H20N4O. The number of nitrogen functional groups attached to an aromatic ring is 1. The predicted octanol–water partition coefficient (Wildman–Crippen LogP) is 1.69. The van der Waals surface area contributed by atoms with Gasteiger partial charge in [-0.2, -0.15) is 9.97 Å². The van der Waals surface area contributed by atoms with Gasteiger partial charge in [-0.25, -0.2) is 0 Å². The summed E-state index contributed by atoms with van der Waals surface area (Å²) in [6.45, 7) is 4.32. The van der Waals surface area contributed by atoms with Crippen LogP contribution in [0.15, 0.2) is 6.07 Å². The minimum Gasteiger partial charge on any atom is -0.481 e. The fourth-order valence-corrected chi connectivity index (χ4v) is 1.74. The van der Waals surface area contributed by atoms with Gasteiger partial charge in [0.15, 0.2) is 0 Å². The summed E-state index contributed by atoms with van der Waals surface area (Å²) in [7, 11) is 3.58. The second-order valence-electron chi connectivity index (χ2n) is 3.71. The zero-order valence-electron chi connectivity index (χ0n) is 10.4. The molecule has 0 aliphatic heterocycles. The Hall–Kier alpha value is -1.52. The van der Waals surface area contributed by atoms with E-state index in [-0.39, 0.29) is 5.95 Å². The van der Waals surface area contributed by atoms with Crippen LogP contribution in [0.2, 0.25) is 0 Å². The first-order valence-corrected chi connectivity index (χ1v) is 5.53. The first kappa shape index (κ1) is 12.5. The number of anilines is 2. The molecule has 0 fully saturated rings. The van der Waals surface area contributed by atoms with E-state index in [9.17, 15) is 0 Å². The van der Waals surface area contributed by atoms with Crippen LogP contribution in [-0.2, 0) is 0 Å². The molecule has 1 rings (SSSR count). The van der Waals surface area contributed by atoms with E-state index in [4.69, 9.17) is 10.5 Å². The van der Waals surface area contributed by atoms with Gasteiger partial charge < -0.3 is 15.4 Å². The number of hydrogen-bond donors (Lipinski definition) is 1. The first-order valence-electron chi connectivity index (χ1n) is 5.53. The second kappa shape index (κ2) is 5.53. The number of nitrogens with two attached hydrogens (primary N) is 1. The third-order valence-corrected chi connectivity index (χ3v) is 2.77. The third kappa shape index (κ3) is 2.74. The molecule has 2 N–H and O–H groups in total. The summed E-state index contributed by atoms with van der Waals surface area (Å²) in [6.07, 6.45) is 2.14. The topological polar surface area (TPSA) is 64.3 Å². The van der Waals surface area contributed by atoms with E-state index >= 15 is 0 Å². The quantitative estimate of drug-likeness (QED) is 0.824. The monoisotopic (exact) mass is 224 g/mol. The standard InChI is InChI=1S/C11H20N4O/c1-5-8(6-2)15(3)9-7-10(16-4)14-11(12)13-9/h7-8H,5-6H2,1-4H3,(H2,12,13,14). The molecule has 1 heterocycles. The molecule has 16 heavy (non-hydrogen) atoms. The van der Waals surface area contributed by atoms with Crippen molar-refractivity contribution in [2.45, 2.75) is 32.7 Å². The van der Waals surface area contributed by atoms with E-state index < -0.39 is 0 Å². The molecule has 5 nitrogen and oxygen atoms in total. The molecule has 1 aromatic rings. The van der Waals surface area contributed by atoms with Crippen LogP contribution in [0.3, 0.4) is 0 Å². The predicted molar refractivity (Wildman–Crippen MR) is 65.8 cm³/mol. The highest BCUT2D eigenvalue weighted by molar-refractivity contribution is 5.45. The van der Waals surface area contributed by atoms with Gasteiger partial charge in [0, 0.05) is 19.2 Å². The Labute approximate surface area is 96.6 Å². The van der Waals surface area contributed by atoms with Gasteiger partial charge >= 0.3 is 0 Å². The van der Waals surface area contributed by atoms with E-state index in [1.54, 1.807) is 13.2 Å². The highest BCUT2D eigenvalue weighted by Gasteiger charge is 2.14. The molecule has 0 unspecified atom stereocenters. The summed E-state index contributed by atoms with van der Waals surface area (Å²) in [5, 5.41) is 0. The molecular weight excluding hydrogens is 204 g/mol. The molecule has 90 valence electrons. The Kier molecular flexibility index (Phi) is 4.34. The molecule has 0 saturated carbocycles. The molecule has 0 atom stereocenters. The van der Waals surface area contributed by atoms with Crippen molar-refractivity contribution in [3.8, 4) is 5.88 Å². The lowest BCUT2D eigenvalue weighted by atomic mass is 10.1. The number of aromatic nitrogens is 2. The van der Waals surface area contributed by atoms with E-state index in [1.165, 1.54) is 0 Å². The van der Waals surface area contributed by atoms with Crippen LogP contribution in [0.1, 0.15) is 26.7 Å². The van der Waals surface area contributed by atoms with Crippen LogP contribution >= 0.6 is 0 Å². The zero-order chi connectivity index (χ0) is 12.1. The van der Waals surface area contributed by atoms with Gasteiger partial charge in [0.25, 0.3) is 0 Å². The Morgan fingerprint density at radius 3 is 2.50 bits per heavy atom. The lowest BCUT2D eigenvalue weighted by Gasteiger charge is -2.27. The minimum absolute atomic E-state index is 0.243. The van der Waals surface area contributed by atoms with Crippen molar-refractivity contribution in [3.05, 3.63) is 6.07 Å². The van der Waals surface area contributed by atoms with Crippen LogP contribution in [-0.4, -0.2) is 30.2 Å². The van der Waals surface area contributed by atoms with Crippen LogP contribution in [0.4, 0.5) is 11.8 Å². The van der Waals surface area contributed by atoms with Crippen molar-refractivity contribution in [2.75, 3.05) is 24.8 Å². The Morgan fingerprint density at radius 1 is 1.38 bits per heavy atom. The zero-order valence-corrected chi connectivity index (χ0v) is 10.4. The fraction of sp³-hybridized carbons (Fsp3) is 0.636. The summed E-state index contributed by atoms with van der Waals surface area (Å²) in [6, 6.07) is 2.26. The third-order valence-electron chi connectivity index (χ3n) is 2.77. The largest absolute Gasteiger partial charge is 0.481 e. The van der Waals surface area contributed by atoms with Gasteiger partial charge in [-0.3, -0.25) is 0 Å². The molecule has 0 aromatic carbocycles. The van der Waals surface area contributed by atoms with Gasteiger partial charge in [0.2, 0.25) is 11.8 Å². The highest BCUT2D eigenvalue weighted by atomic mass is 16.5. The maximum Gasteiger partial charge on any atom is 0.225 e. The van der Waals surface area contributed by atoms with Crippen molar-refractivity contribution in [3.63, 3.8) is 0 Å². The molecule has 0 aliphatic rings. The summed E-state index contributed by atoms with van der Waals surface area (Å²) in [5.74, 6) is 1.55. The molecule has 0 radical (unpaired) electrons. The summed E-state index contributed by atoms with van der Waals surface area (Å²) in [5.41, 5.74) is 5.63. The van der Waals surface area contributed by atoms with E-state index in [2.05, 4.69) is 28.7 Å². The molecule has 0 saturated heterocycles. The first-order chi connectivity index (χ1) is 7.62. The Balaban J connectivity index is 2.97. The van der Waals surface area contributed by atoms with Crippen molar-refractivity contribution in [1.82, 2.24) is 9.97 Å². The molecule has 0 bridgehead atoms. The average molecular weight is 224 g/mol. The van der Waals surface area contributed by atoms with Crippen LogP contribution in [0.5, 0.6) is 5.88 Å². The molecule has 0 amide bonds. The average Bonchev–Trinajstić information content (AvgIpc) is 2.29. The lowest BCUT2D eigenvalue weighted by molar-refractivity contribution is 0.397. The van der Waals surface area contributed by atoms with Gasteiger partial charge in [0.1, 0.15) is 5.82 Å². The Bertz CT molecular complexity index is 339. The maximum atomic E-state index is 5.63. The number of ether oxygens (including phenoxy) is 1. The second-order valence-corrected chi connectivity index (χ2v) is 3.71. The minimum atomic E-state index is 0.243. The highest BCUT2D eigenvalue weighted by Crippen LogP contribution is 2.20. The van der Waals surface area contributed by atoms with Gasteiger partial charge in [-0.05, 0) is 12.8 Å². The molecule has 5 heteroatoms. The molecule has 0 aliphatic carbocycles. The van der Waals surface area contributed by atoms with E-state index in [0.717, 1.165) is 18.7 Å². The van der Waals surface area contributed by atoms with Gasteiger partial charge in [0.05, 0.1) is 7.11 Å². The van der Waals surface area contributed by atoms with Crippen molar-refractivity contribution in [1.29, 1.82) is 0 Å². The summed E-state index contributed by atoms with van der Waals surface area (Å²) >= 11 is 0. The van der Waals surface area contributed by atoms with Crippen molar-refractivity contribution < 1.29 is 4.74 Å². The van der Waals surface area contributed by atoms with Crippen LogP contribution < -0.4 is 15.4 Å². The van der Waals surface area contributed by atoms with Crippen molar-refractivity contribution >= 4 is 11.8 Å². The van der Waals surface area contributed by atoms with Crippen LogP contribution in [0.25, 0.3) is 0 Å². The fourth-order valence-electron chi connectivity index (χ4n) is 1.74. The summed E-state index contributed by atoms with van der Waals surface area (Å²) < 4.78 is 5.08. The normalized spacial score (nSPS) is 10.6. The van der Waals surface area contributed by atoms with Crippen molar-refractivity contribution in [2.24, 2.45) is 0 Å². The number of nitrogens with zero attached hydrogens (tertiary/aromatic N) is 3. The summed E-state index contributed by atoms with van der Waals surface area (Å²) in [4.78, 5) is 10.3. The lowest BCUT2D eigenvalue weighted by Crippen LogP contribution is -2.31. The van der Waals surface area contributed by atoms with Gasteiger partial charge in [-0.1, -0.05) is 13.8 Å². The van der Waals surface area contributed by atoms with E-state index in [0.29, 0.717) is 11.9 Å². The molecule has 0 spiro atoms. The van der Waals surface area contributed by atoms with Gasteiger partial charge in [-0.15, -0.1) is 0 Å². The molecule has 1 aromatic heterocycles. The number of hydrogen-bond acceptors (Lipinski definition) is 5.